The Hall–Kier alpha value is -0.830. The molecule has 2 N–H and O–H groups in total. The second-order valence-corrected chi connectivity index (χ2v) is 5.85. The Morgan fingerprint density at radius 3 is 2.87 bits per heavy atom. The Bertz CT molecular complexity index is 473. The average Bonchev–Trinajstić information content (AvgIpc) is 3.13. The van der Waals surface area contributed by atoms with Crippen molar-refractivity contribution in [1.82, 2.24) is 25.3 Å². The van der Waals surface area contributed by atoms with Crippen molar-refractivity contribution in [2.45, 2.75) is 46.2 Å². The molecule has 23 heavy (non-hydrogen) atoms. The number of guanidine groups is 1. The second-order valence-electron chi connectivity index (χ2n) is 5.85. The van der Waals surface area contributed by atoms with Gasteiger partial charge in [0.1, 0.15) is 0 Å². The summed E-state index contributed by atoms with van der Waals surface area (Å²) in [5.74, 6) is 0.911. The Morgan fingerprint density at radius 2 is 2.22 bits per heavy atom. The summed E-state index contributed by atoms with van der Waals surface area (Å²) >= 11 is 0. The summed E-state index contributed by atoms with van der Waals surface area (Å²) in [6.07, 6.45) is 6.52. The summed E-state index contributed by atoms with van der Waals surface area (Å²) in [5, 5.41) is 11.0. The van der Waals surface area contributed by atoms with Crippen LogP contribution in [0, 0.1) is 6.92 Å². The van der Waals surface area contributed by atoms with Gasteiger partial charge in [-0.2, -0.15) is 5.10 Å². The number of rotatable bonds is 7. The fourth-order valence-electron chi connectivity index (χ4n) is 2.93. The molecule has 0 radical (unpaired) electrons. The summed E-state index contributed by atoms with van der Waals surface area (Å²) < 4.78 is 1.96. The number of likely N-dealkylation sites (N-methyl/N-ethyl adjacent to an activating group) is 1. The molecule has 2 rings (SSSR count). The minimum absolute atomic E-state index is 0. The van der Waals surface area contributed by atoms with E-state index in [1.54, 1.807) is 0 Å². The fraction of sp³-hybridized carbons (Fsp3) is 0.750. The highest BCUT2D eigenvalue weighted by atomic mass is 127. The van der Waals surface area contributed by atoms with E-state index in [9.17, 15) is 0 Å². The van der Waals surface area contributed by atoms with E-state index in [0.717, 1.165) is 38.7 Å². The molecular formula is C16H31IN6. The van der Waals surface area contributed by atoms with E-state index in [4.69, 9.17) is 4.99 Å². The molecule has 1 aliphatic heterocycles. The summed E-state index contributed by atoms with van der Waals surface area (Å²) in [5.41, 5.74) is 1.20. The zero-order chi connectivity index (χ0) is 15.8. The standard InChI is InChI=1S/C16H30N6.HI/c1-4-17-16(18-8-10-22-13-14(3)11-20-22)19-12-15-7-6-9-21(15)5-2;/h11,13,15H,4-10,12H2,1-3H3,(H2,17,18,19);1H. The van der Waals surface area contributed by atoms with Gasteiger partial charge in [0.15, 0.2) is 5.96 Å². The van der Waals surface area contributed by atoms with Gasteiger partial charge < -0.3 is 10.6 Å². The second kappa shape index (κ2) is 10.9. The maximum absolute atomic E-state index is 4.75. The number of nitrogens with zero attached hydrogens (tertiary/aromatic N) is 4. The van der Waals surface area contributed by atoms with Gasteiger partial charge in [-0.15, -0.1) is 24.0 Å². The quantitative estimate of drug-likeness (QED) is 0.391. The van der Waals surface area contributed by atoms with E-state index < -0.39 is 0 Å². The van der Waals surface area contributed by atoms with Crippen LogP contribution >= 0.6 is 24.0 Å². The van der Waals surface area contributed by atoms with Gasteiger partial charge in [0, 0.05) is 25.3 Å². The van der Waals surface area contributed by atoms with Crippen LogP contribution in [-0.2, 0) is 6.54 Å². The fourth-order valence-corrected chi connectivity index (χ4v) is 2.93. The van der Waals surface area contributed by atoms with Crippen LogP contribution < -0.4 is 10.6 Å². The Balaban J connectivity index is 0.00000264. The molecule has 0 amide bonds. The van der Waals surface area contributed by atoms with Gasteiger partial charge in [0.05, 0.1) is 19.3 Å². The Kier molecular flexibility index (Phi) is 9.54. The lowest BCUT2D eigenvalue weighted by atomic mass is 10.2. The van der Waals surface area contributed by atoms with Gasteiger partial charge in [-0.05, 0) is 45.3 Å². The van der Waals surface area contributed by atoms with Crippen LogP contribution in [0.4, 0.5) is 0 Å². The normalized spacial score (nSPS) is 18.7. The van der Waals surface area contributed by atoms with Crippen molar-refractivity contribution in [2.24, 2.45) is 4.99 Å². The van der Waals surface area contributed by atoms with Gasteiger partial charge in [-0.25, -0.2) is 0 Å². The third-order valence-corrected chi connectivity index (χ3v) is 4.11. The van der Waals surface area contributed by atoms with Gasteiger partial charge in [0.25, 0.3) is 0 Å². The number of likely N-dealkylation sites (tertiary alicyclic amines) is 1. The predicted octanol–water partition coefficient (Wildman–Crippen LogP) is 1.85. The molecule has 2 heterocycles. The molecule has 1 saturated heterocycles. The van der Waals surface area contributed by atoms with Crippen LogP contribution in [0.25, 0.3) is 0 Å². The summed E-state index contributed by atoms with van der Waals surface area (Å²) in [4.78, 5) is 7.28. The minimum atomic E-state index is 0. The highest BCUT2D eigenvalue weighted by Gasteiger charge is 2.22. The van der Waals surface area contributed by atoms with E-state index in [0.29, 0.717) is 6.04 Å². The van der Waals surface area contributed by atoms with E-state index in [1.807, 2.05) is 10.9 Å². The van der Waals surface area contributed by atoms with Crippen LogP contribution in [0.15, 0.2) is 17.4 Å². The average molecular weight is 434 g/mol. The molecule has 0 saturated carbocycles. The summed E-state index contributed by atoms with van der Waals surface area (Å²) in [6.45, 7) is 12.2. The van der Waals surface area contributed by atoms with Crippen molar-refractivity contribution in [3.63, 3.8) is 0 Å². The van der Waals surface area contributed by atoms with Gasteiger partial charge in [-0.1, -0.05) is 6.92 Å². The van der Waals surface area contributed by atoms with Crippen molar-refractivity contribution in [3.05, 3.63) is 18.0 Å². The molecule has 0 aliphatic carbocycles. The molecule has 1 fully saturated rings. The topological polar surface area (TPSA) is 57.5 Å². The predicted molar refractivity (Wildman–Crippen MR) is 107 cm³/mol. The van der Waals surface area contributed by atoms with E-state index in [-0.39, 0.29) is 24.0 Å². The molecular weight excluding hydrogens is 403 g/mol. The van der Waals surface area contributed by atoms with E-state index in [1.165, 1.54) is 24.9 Å². The van der Waals surface area contributed by atoms with Crippen molar-refractivity contribution in [2.75, 3.05) is 32.7 Å². The monoisotopic (exact) mass is 434 g/mol. The highest BCUT2D eigenvalue weighted by Crippen LogP contribution is 2.16. The van der Waals surface area contributed by atoms with Crippen molar-refractivity contribution in [1.29, 1.82) is 0 Å². The zero-order valence-corrected chi connectivity index (χ0v) is 16.9. The molecule has 132 valence electrons. The van der Waals surface area contributed by atoms with E-state index >= 15 is 0 Å². The highest BCUT2D eigenvalue weighted by molar-refractivity contribution is 14.0. The van der Waals surface area contributed by atoms with Crippen molar-refractivity contribution >= 4 is 29.9 Å². The van der Waals surface area contributed by atoms with Crippen LogP contribution in [0.3, 0.4) is 0 Å². The largest absolute Gasteiger partial charge is 0.357 e. The van der Waals surface area contributed by atoms with Crippen LogP contribution in [0.2, 0.25) is 0 Å². The maximum atomic E-state index is 4.75. The lowest BCUT2D eigenvalue weighted by Gasteiger charge is -2.21. The minimum Gasteiger partial charge on any atom is -0.357 e. The molecule has 0 bridgehead atoms. The molecule has 0 aromatic carbocycles. The molecule has 1 aliphatic rings. The Morgan fingerprint density at radius 1 is 1.39 bits per heavy atom. The SMILES string of the molecule is CCNC(=NCC1CCCN1CC)NCCn1cc(C)cn1.I. The van der Waals surface area contributed by atoms with Crippen molar-refractivity contribution in [3.8, 4) is 0 Å². The van der Waals surface area contributed by atoms with Gasteiger partial charge in [-0.3, -0.25) is 14.6 Å². The number of aliphatic imine (C=N–C) groups is 1. The first kappa shape index (κ1) is 20.2. The number of nitrogens with one attached hydrogen (secondary N) is 2. The molecule has 6 nitrogen and oxygen atoms in total. The number of hydrogen-bond donors (Lipinski definition) is 2. The third-order valence-electron chi connectivity index (χ3n) is 4.11. The zero-order valence-electron chi connectivity index (χ0n) is 14.6. The van der Waals surface area contributed by atoms with E-state index in [2.05, 4.69) is 47.6 Å². The Labute approximate surface area is 157 Å². The molecule has 1 aromatic rings. The van der Waals surface area contributed by atoms with Crippen LogP contribution in [0.5, 0.6) is 0 Å². The van der Waals surface area contributed by atoms with Crippen LogP contribution in [0.1, 0.15) is 32.3 Å². The molecule has 1 atom stereocenters. The smallest absolute Gasteiger partial charge is 0.191 e. The van der Waals surface area contributed by atoms with Crippen LogP contribution in [-0.4, -0.2) is 59.4 Å². The molecule has 0 spiro atoms. The lowest BCUT2D eigenvalue weighted by Crippen LogP contribution is -2.40. The number of hydrogen-bond acceptors (Lipinski definition) is 3. The first-order chi connectivity index (χ1) is 10.7. The summed E-state index contributed by atoms with van der Waals surface area (Å²) in [6, 6.07) is 0.606. The van der Waals surface area contributed by atoms with Crippen molar-refractivity contribution < 1.29 is 0 Å². The van der Waals surface area contributed by atoms with Gasteiger partial charge >= 0.3 is 0 Å². The lowest BCUT2D eigenvalue weighted by molar-refractivity contribution is 0.273. The first-order valence-electron chi connectivity index (χ1n) is 8.48. The molecule has 1 unspecified atom stereocenters. The van der Waals surface area contributed by atoms with Gasteiger partial charge in [0.2, 0.25) is 0 Å². The maximum Gasteiger partial charge on any atom is 0.191 e. The number of halogens is 1. The molecule has 7 heteroatoms. The summed E-state index contributed by atoms with van der Waals surface area (Å²) in [7, 11) is 0. The number of aromatic nitrogens is 2. The number of aryl methyl sites for hydroxylation is 1. The molecule has 1 aromatic heterocycles. The first-order valence-corrected chi connectivity index (χ1v) is 8.48. The third kappa shape index (κ3) is 6.66.